The first-order valence-corrected chi connectivity index (χ1v) is 9.18. The van der Waals surface area contributed by atoms with Crippen molar-refractivity contribution in [2.75, 3.05) is 39.3 Å². The van der Waals surface area contributed by atoms with Gasteiger partial charge in [-0.05, 0) is 66.1 Å². The Morgan fingerprint density at radius 2 is 1.83 bits per heavy atom. The van der Waals surface area contributed by atoms with Gasteiger partial charge in [0.05, 0.1) is 0 Å². The fourth-order valence-electron chi connectivity index (χ4n) is 2.95. The highest BCUT2D eigenvalue weighted by Gasteiger charge is 2.26. The average molecular weight is 328 g/mol. The van der Waals surface area contributed by atoms with Gasteiger partial charge in [-0.3, -0.25) is 0 Å². The molecule has 0 saturated carbocycles. The standard InChI is InChI=1S/C18H37N3O2/c1-7-20(8-2)14-15(3)19-13-16-9-11-21(12-10-16)17(22)23-18(4,5)6/h15-16,19H,7-14H2,1-6H3. The zero-order valence-electron chi connectivity index (χ0n) is 16.0. The van der Waals surface area contributed by atoms with E-state index in [0.29, 0.717) is 12.0 Å². The molecule has 136 valence electrons. The summed E-state index contributed by atoms with van der Waals surface area (Å²) in [5.41, 5.74) is -0.407. The Morgan fingerprint density at radius 1 is 1.26 bits per heavy atom. The first-order valence-electron chi connectivity index (χ1n) is 9.18. The van der Waals surface area contributed by atoms with Crippen LogP contribution in [0.4, 0.5) is 4.79 Å². The summed E-state index contributed by atoms with van der Waals surface area (Å²) >= 11 is 0. The van der Waals surface area contributed by atoms with E-state index < -0.39 is 5.60 Å². The molecular weight excluding hydrogens is 290 g/mol. The van der Waals surface area contributed by atoms with Gasteiger partial charge in [-0.2, -0.15) is 0 Å². The van der Waals surface area contributed by atoms with Gasteiger partial charge < -0.3 is 19.9 Å². The number of ether oxygens (including phenoxy) is 1. The number of nitrogens with zero attached hydrogens (tertiary/aromatic N) is 2. The van der Waals surface area contributed by atoms with Crippen molar-refractivity contribution < 1.29 is 9.53 Å². The summed E-state index contributed by atoms with van der Waals surface area (Å²) in [6.07, 6.45) is 1.95. The van der Waals surface area contributed by atoms with E-state index in [1.54, 1.807) is 0 Å². The lowest BCUT2D eigenvalue weighted by Crippen LogP contribution is -2.45. The van der Waals surface area contributed by atoms with Gasteiger partial charge in [0.1, 0.15) is 5.60 Å². The molecule has 1 rings (SSSR count). The van der Waals surface area contributed by atoms with Gasteiger partial charge in [0.15, 0.2) is 0 Å². The molecule has 0 aromatic carbocycles. The normalized spacial score (nSPS) is 18.3. The van der Waals surface area contributed by atoms with Crippen molar-refractivity contribution in [3.05, 3.63) is 0 Å². The third kappa shape index (κ3) is 8.02. The lowest BCUT2D eigenvalue weighted by atomic mass is 9.97. The quantitative estimate of drug-likeness (QED) is 0.781. The van der Waals surface area contributed by atoms with Crippen LogP contribution >= 0.6 is 0 Å². The van der Waals surface area contributed by atoms with Gasteiger partial charge in [-0.1, -0.05) is 13.8 Å². The van der Waals surface area contributed by atoms with Crippen molar-refractivity contribution in [3.63, 3.8) is 0 Å². The molecule has 1 aliphatic heterocycles. The number of nitrogens with one attached hydrogen (secondary N) is 1. The van der Waals surface area contributed by atoms with Crippen LogP contribution in [0.1, 0.15) is 54.4 Å². The molecule has 0 aromatic heterocycles. The van der Waals surface area contributed by atoms with Crippen LogP contribution in [0.3, 0.4) is 0 Å². The molecule has 1 atom stereocenters. The minimum Gasteiger partial charge on any atom is -0.444 e. The maximum absolute atomic E-state index is 12.1. The molecule has 0 aliphatic carbocycles. The van der Waals surface area contributed by atoms with Crippen molar-refractivity contribution >= 4 is 6.09 Å². The predicted molar refractivity (Wildman–Crippen MR) is 95.8 cm³/mol. The Bertz CT molecular complexity index is 343. The van der Waals surface area contributed by atoms with E-state index in [0.717, 1.165) is 52.1 Å². The Hall–Kier alpha value is -0.810. The molecule has 0 bridgehead atoms. The molecule has 23 heavy (non-hydrogen) atoms. The summed E-state index contributed by atoms with van der Waals surface area (Å²) in [6.45, 7) is 18.4. The Labute approximate surface area is 142 Å². The van der Waals surface area contributed by atoms with Crippen LogP contribution in [0.5, 0.6) is 0 Å². The monoisotopic (exact) mass is 327 g/mol. The molecule has 1 saturated heterocycles. The highest BCUT2D eigenvalue weighted by Crippen LogP contribution is 2.19. The van der Waals surface area contributed by atoms with Crippen LogP contribution in [0.25, 0.3) is 0 Å². The van der Waals surface area contributed by atoms with E-state index >= 15 is 0 Å². The van der Waals surface area contributed by atoms with Crippen molar-refractivity contribution in [2.24, 2.45) is 5.92 Å². The lowest BCUT2D eigenvalue weighted by molar-refractivity contribution is 0.0183. The number of piperidine rings is 1. The molecule has 1 unspecified atom stereocenters. The number of carbonyl (C=O) groups is 1. The van der Waals surface area contributed by atoms with E-state index in [-0.39, 0.29) is 6.09 Å². The van der Waals surface area contributed by atoms with Gasteiger partial charge >= 0.3 is 6.09 Å². The number of hydrogen-bond acceptors (Lipinski definition) is 4. The zero-order chi connectivity index (χ0) is 17.5. The molecule has 1 N–H and O–H groups in total. The van der Waals surface area contributed by atoms with Gasteiger partial charge in [-0.15, -0.1) is 0 Å². The van der Waals surface area contributed by atoms with Gasteiger partial charge in [0.2, 0.25) is 0 Å². The van der Waals surface area contributed by atoms with Gasteiger partial charge in [0.25, 0.3) is 0 Å². The van der Waals surface area contributed by atoms with Gasteiger partial charge in [-0.25, -0.2) is 4.79 Å². The van der Waals surface area contributed by atoms with E-state index in [4.69, 9.17) is 4.74 Å². The fourth-order valence-corrected chi connectivity index (χ4v) is 2.95. The summed E-state index contributed by atoms with van der Waals surface area (Å²) in [4.78, 5) is 16.4. The molecular formula is C18H37N3O2. The van der Waals surface area contributed by atoms with Crippen LogP contribution in [-0.2, 0) is 4.74 Å². The minimum absolute atomic E-state index is 0.168. The number of rotatable bonds is 7. The molecule has 5 heteroatoms. The first kappa shape index (κ1) is 20.2. The number of amides is 1. The third-order valence-corrected chi connectivity index (χ3v) is 4.45. The predicted octanol–water partition coefficient (Wildman–Crippen LogP) is 2.95. The number of likely N-dealkylation sites (N-methyl/N-ethyl adjacent to an activating group) is 1. The maximum Gasteiger partial charge on any atom is 0.410 e. The van der Waals surface area contributed by atoms with Crippen molar-refractivity contribution in [1.82, 2.24) is 15.1 Å². The second-order valence-electron chi connectivity index (χ2n) is 7.71. The van der Waals surface area contributed by atoms with Crippen molar-refractivity contribution in [2.45, 2.75) is 66.0 Å². The molecule has 0 radical (unpaired) electrons. The molecule has 1 aliphatic rings. The summed E-state index contributed by atoms with van der Waals surface area (Å²) in [5, 5.41) is 3.66. The molecule has 0 aromatic rings. The summed E-state index contributed by atoms with van der Waals surface area (Å²) < 4.78 is 5.44. The van der Waals surface area contributed by atoms with Crippen LogP contribution in [0.15, 0.2) is 0 Å². The molecule has 0 spiro atoms. The van der Waals surface area contributed by atoms with Crippen LogP contribution < -0.4 is 5.32 Å². The highest BCUT2D eigenvalue weighted by molar-refractivity contribution is 5.68. The van der Waals surface area contributed by atoms with Gasteiger partial charge in [0, 0.05) is 25.7 Å². The molecule has 1 heterocycles. The Kier molecular flexibility index (Phi) is 8.34. The van der Waals surface area contributed by atoms with E-state index in [1.807, 2.05) is 25.7 Å². The number of likely N-dealkylation sites (tertiary alicyclic amines) is 1. The van der Waals surface area contributed by atoms with E-state index in [9.17, 15) is 4.79 Å². The third-order valence-electron chi connectivity index (χ3n) is 4.45. The minimum atomic E-state index is -0.407. The highest BCUT2D eigenvalue weighted by atomic mass is 16.6. The average Bonchev–Trinajstić information content (AvgIpc) is 2.49. The number of hydrogen-bond donors (Lipinski definition) is 1. The SMILES string of the molecule is CCN(CC)CC(C)NCC1CCN(C(=O)OC(C)(C)C)CC1. The largest absolute Gasteiger partial charge is 0.444 e. The lowest BCUT2D eigenvalue weighted by Gasteiger charge is -2.34. The summed E-state index contributed by atoms with van der Waals surface area (Å²) in [7, 11) is 0. The molecule has 1 fully saturated rings. The second kappa shape index (κ2) is 9.48. The first-order chi connectivity index (χ1) is 10.7. The molecule has 5 nitrogen and oxygen atoms in total. The zero-order valence-corrected chi connectivity index (χ0v) is 16.0. The Balaban J connectivity index is 2.25. The van der Waals surface area contributed by atoms with E-state index in [2.05, 4.69) is 31.0 Å². The van der Waals surface area contributed by atoms with Crippen LogP contribution in [-0.4, -0.2) is 66.8 Å². The summed E-state index contributed by atoms with van der Waals surface area (Å²) in [6, 6.07) is 0.513. The maximum atomic E-state index is 12.1. The van der Waals surface area contributed by atoms with Crippen LogP contribution in [0.2, 0.25) is 0 Å². The fraction of sp³-hybridized carbons (Fsp3) is 0.944. The Morgan fingerprint density at radius 3 is 2.30 bits per heavy atom. The second-order valence-corrected chi connectivity index (χ2v) is 7.71. The van der Waals surface area contributed by atoms with E-state index in [1.165, 1.54) is 0 Å². The van der Waals surface area contributed by atoms with Crippen molar-refractivity contribution in [3.8, 4) is 0 Å². The van der Waals surface area contributed by atoms with Crippen LogP contribution in [0, 0.1) is 5.92 Å². The summed E-state index contributed by atoms with van der Waals surface area (Å²) in [5.74, 6) is 0.660. The number of carbonyl (C=O) groups excluding carboxylic acids is 1. The molecule has 1 amide bonds. The smallest absolute Gasteiger partial charge is 0.410 e. The topological polar surface area (TPSA) is 44.8 Å². The van der Waals surface area contributed by atoms with Crippen molar-refractivity contribution in [1.29, 1.82) is 0 Å².